The van der Waals surface area contributed by atoms with Gasteiger partial charge in [0, 0.05) is 18.7 Å². The van der Waals surface area contributed by atoms with E-state index >= 15 is 0 Å². The summed E-state index contributed by atoms with van der Waals surface area (Å²) in [7, 11) is -2.23. The Kier molecular flexibility index (Phi) is 6.42. The maximum atomic E-state index is 13.0. The Labute approximate surface area is 156 Å². The second kappa shape index (κ2) is 8.36. The van der Waals surface area contributed by atoms with Gasteiger partial charge in [-0.1, -0.05) is 37.6 Å². The highest BCUT2D eigenvalue weighted by atomic mass is 32.2. The summed E-state index contributed by atoms with van der Waals surface area (Å²) in [6.07, 6.45) is 1.84. The molecule has 0 fully saturated rings. The Morgan fingerprint density at radius 2 is 1.85 bits per heavy atom. The first kappa shape index (κ1) is 20.0. The van der Waals surface area contributed by atoms with Crippen LogP contribution in [-0.4, -0.2) is 27.4 Å². The topological polar surface area (TPSA) is 66.5 Å². The van der Waals surface area contributed by atoms with Crippen molar-refractivity contribution in [3.8, 4) is 0 Å². The number of anilines is 1. The van der Waals surface area contributed by atoms with E-state index in [-0.39, 0.29) is 16.8 Å². The summed E-state index contributed by atoms with van der Waals surface area (Å²) < 4.78 is 27.2. The molecular weight excluding hydrogens is 348 g/mol. The summed E-state index contributed by atoms with van der Waals surface area (Å²) in [5.41, 5.74) is 1.81. The van der Waals surface area contributed by atoms with Gasteiger partial charge in [-0.3, -0.25) is 9.10 Å². The molecular formula is C20H26N2O3S. The predicted molar refractivity (Wildman–Crippen MR) is 105 cm³/mol. The quantitative estimate of drug-likeness (QED) is 0.803. The molecule has 2 rings (SSSR count). The summed E-state index contributed by atoms with van der Waals surface area (Å²) in [4.78, 5) is 12.5. The van der Waals surface area contributed by atoms with Crippen molar-refractivity contribution in [2.45, 2.75) is 44.6 Å². The van der Waals surface area contributed by atoms with E-state index in [1.54, 1.807) is 24.3 Å². The Morgan fingerprint density at radius 3 is 2.50 bits per heavy atom. The van der Waals surface area contributed by atoms with Gasteiger partial charge in [-0.05, 0) is 50.1 Å². The number of carbonyl (C=O) groups is 1. The lowest BCUT2D eigenvalue weighted by molar-refractivity contribution is 0.0938. The van der Waals surface area contributed by atoms with E-state index in [4.69, 9.17) is 0 Å². The number of hydrogen-bond acceptors (Lipinski definition) is 3. The SMILES string of the molecule is CCC[C@@H](C)NC(=O)c1cccc(S(=O)(=O)N(C)c2ccccc2C)c1. The number of amides is 1. The zero-order valence-corrected chi connectivity index (χ0v) is 16.5. The van der Waals surface area contributed by atoms with E-state index in [1.165, 1.54) is 23.5 Å². The minimum Gasteiger partial charge on any atom is -0.350 e. The van der Waals surface area contributed by atoms with Crippen LogP contribution in [0.1, 0.15) is 42.6 Å². The molecule has 0 aliphatic carbocycles. The normalized spacial score (nSPS) is 12.5. The highest BCUT2D eigenvalue weighted by Crippen LogP contribution is 2.25. The third kappa shape index (κ3) is 4.43. The fourth-order valence-corrected chi connectivity index (χ4v) is 4.12. The molecule has 0 spiro atoms. The standard InChI is InChI=1S/C20H26N2O3S/c1-5-9-16(3)21-20(23)17-11-8-12-18(14-17)26(24,25)22(4)19-13-7-6-10-15(19)2/h6-8,10-14,16H,5,9H2,1-4H3,(H,21,23)/t16-/m1/s1. The monoisotopic (exact) mass is 374 g/mol. The van der Waals surface area contributed by atoms with Gasteiger partial charge in [0.15, 0.2) is 0 Å². The summed E-state index contributed by atoms with van der Waals surface area (Å²) in [5.74, 6) is -0.262. The molecule has 26 heavy (non-hydrogen) atoms. The van der Waals surface area contributed by atoms with Crippen LogP contribution in [0.2, 0.25) is 0 Å². The van der Waals surface area contributed by atoms with E-state index in [9.17, 15) is 13.2 Å². The van der Waals surface area contributed by atoms with Crippen LogP contribution in [0.3, 0.4) is 0 Å². The first-order valence-corrected chi connectivity index (χ1v) is 10.2. The first-order valence-electron chi connectivity index (χ1n) is 8.73. The minimum atomic E-state index is -3.76. The molecule has 5 nitrogen and oxygen atoms in total. The van der Waals surface area contributed by atoms with Crippen LogP contribution in [0, 0.1) is 6.92 Å². The summed E-state index contributed by atoms with van der Waals surface area (Å²) in [5, 5.41) is 2.90. The summed E-state index contributed by atoms with van der Waals surface area (Å²) in [6.45, 7) is 5.85. The van der Waals surface area contributed by atoms with Crippen LogP contribution in [-0.2, 0) is 10.0 Å². The third-order valence-electron chi connectivity index (χ3n) is 4.31. The Bertz CT molecular complexity index is 878. The fraction of sp³-hybridized carbons (Fsp3) is 0.350. The molecule has 2 aromatic rings. The Morgan fingerprint density at radius 1 is 1.15 bits per heavy atom. The molecule has 0 aliphatic rings. The van der Waals surface area contributed by atoms with Crippen molar-refractivity contribution in [3.63, 3.8) is 0 Å². The van der Waals surface area contributed by atoms with Gasteiger partial charge < -0.3 is 5.32 Å². The van der Waals surface area contributed by atoms with Gasteiger partial charge in [0.1, 0.15) is 0 Å². The number of nitrogens with one attached hydrogen (secondary N) is 1. The van der Waals surface area contributed by atoms with E-state index in [0.717, 1.165) is 18.4 Å². The molecule has 0 bridgehead atoms. The molecule has 6 heteroatoms. The van der Waals surface area contributed by atoms with E-state index < -0.39 is 10.0 Å². The number of hydrogen-bond donors (Lipinski definition) is 1. The highest BCUT2D eigenvalue weighted by Gasteiger charge is 2.23. The number of rotatable bonds is 7. The number of carbonyl (C=O) groups excluding carboxylic acids is 1. The predicted octanol–water partition coefficient (Wildman–Crippen LogP) is 3.74. The molecule has 0 unspecified atom stereocenters. The van der Waals surface area contributed by atoms with E-state index in [0.29, 0.717) is 11.3 Å². The Hall–Kier alpha value is -2.34. The second-order valence-electron chi connectivity index (χ2n) is 6.45. The lowest BCUT2D eigenvalue weighted by Crippen LogP contribution is -2.32. The van der Waals surface area contributed by atoms with Crippen molar-refractivity contribution >= 4 is 21.6 Å². The van der Waals surface area contributed by atoms with Crippen molar-refractivity contribution in [1.29, 1.82) is 0 Å². The molecule has 0 saturated heterocycles. The average molecular weight is 375 g/mol. The molecule has 0 radical (unpaired) electrons. The van der Waals surface area contributed by atoms with Crippen molar-refractivity contribution in [1.82, 2.24) is 5.32 Å². The maximum Gasteiger partial charge on any atom is 0.264 e. The van der Waals surface area contributed by atoms with E-state index in [1.807, 2.05) is 26.0 Å². The lowest BCUT2D eigenvalue weighted by Gasteiger charge is -2.21. The minimum absolute atomic E-state index is 0.0439. The molecule has 1 N–H and O–H groups in total. The van der Waals surface area contributed by atoms with Gasteiger partial charge in [0.2, 0.25) is 0 Å². The van der Waals surface area contributed by atoms with Gasteiger partial charge in [0.05, 0.1) is 10.6 Å². The molecule has 1 atom stereocenters. The van der Waals surface area contributed by atoms with Crippen LogP contribution >= 0.6 is 0 Å². The average Bonchev–Trinajstić information content (AvgIpc) is 2.61. The molecule has 1 amide bonds. The lowest BCUT2D eigenvalue weighted by atomic mass is 10.1. The van der Waals surface area contributed by atoms with Gasteiger partial charge in [0.25, 0.3) is 15.9 Å². The van der Waals surface area contributed by atoms with Gasteiger partial charge >= 0.3 is 0 Å². The van der Waals surface area contributed by atoms with E-state index in [2.05, 4.69) is 12.2 Å². The number of sulfonamides is 1. The zero-order chi connectivity index (χ0) is 19.3. The smallest absolute Gasteiger partial charge is 0.264 e. The largest absolute Gasteiger partial charge is 0.350 e. The van der Waals surface area contributed by atoms with Crippen molar-refractivity contribution < 1.29 is 13.2 Å². The number of benzene rings is 2. The third-order valence-corrected chi connectivity index (χ3v) is 6.08. The fourth-order valence-electron chi connectivity index (χ4n) is 2.81. The van der Waals surface area contributed by atoms with Crippen LogP contribution in [0.4, 0.5) is 5.69 Å². The van der Waals surface area contributed by atoms with Crippen LogP contribution in [0.5, 0.6) is 0 Å². The van der Waals surface area contributed by atoms with Gasteiger partial charge in [-0.15, -0.1) is 0 Å². The Balaban J connectivity index is 2.31. The van der Waals surface area contributed by atoms with Crippen molar-refractivity contribution in [2.24, 2.45) is 0 Å². The molecule has 2 aromatic carbocycles. The van der Waals surface area contributed by atoms with Crippen LogP contribution < -0.4 is 9.62 Å². The molecule has 0 aromatic heterocycles. The van der Waals surface area contributed by atoms with Crippen molar-refractivity contribution in [3.05, 3.63) is 59.7 Å². The van der Waals surface area contributed by atoms with Gasteiger partial charge in [-0.2, -0.15) is 0 Å². The molecule has 140 valence electrons. The number of para-hydroxylation sites is 1. The number of nitrogens with zero attached hydrogens (tertiary/aromatic N) is 1. The second-order valence-corrected chi connectivity index (χ2v) is 8.42. The molecule has 0 saturated carbocycles. The van der Waals surface area contributed by atoms with Crippen LogP contribution in [0.15, 0.2) is 53.4 Å². The van der Waals surface area contributed by atoms with Gasteiger partial charge in [-0.25, -0.2) is 8.42 Å². The summed E-state index contributed by atoms with van der Waals surface area (Å²) in [6, 6.07) is 13.5. The zero-order valence-electron chi connectivity index (χ0n) is 15.7. The maximum absolute atomic E-state index is 13.0. The van der Waals surface area contributed by atoms with Crippen LogP contribution in [0.25, 0.3) is 0 Å². The summed E-state index contributed by atoms with van der Waals surface area (Å²) >= 11 is 0. The molecule has 0 aliphatic heterocycles. The first-order chi connectivity index (χ1) is 12.3. The van der Waals surface area contributed by atoms with Crippen molar-refractivity contribution in [2.75, 3.05) is 11.4 Å². The number of aryl methyl sites for hydroxylation is 1. The highest BCUT2D eigenvalue weighted by molar-refractivity contribution is 7.92. The molecule has 0 heterocycles.